The summed E-state index contributed by atoms with van der Waals surface area (Å²) < 4.78 is 7.49. The van der Waals surface area contributed by atoms with Crippen LogP contribution in [0.3, 0.4) is 0 Å². The molecule has 3 heteroatoms. The van der Waals surface area contributed by atoms with Crippen LogP contribution < -0.4 is 9.25 Å². The van der Waals surface area contributed by atoms with E-state index in [2.05, 4.69) is 94.0 Å². The second-order valence-electron chi connectivity index (χ2n) is 11.0. The summed E-state index contributed by atoms with van der Waals surface area (Å²) in [6.45, 7) is 2.30. The van der Waals surface area contributed by atoms with Crippen molar-refractivity contribution in [1.29, 1.82) is 0 Å². The van der Waals surface area contributed by atoms with E-state index in [4.69, 9.17) is 0 Å². The average Bonchev–Trinajstić information content (AvgIpc) is 3.59. The second-order valence-corrected chi connectivity index (χ2v) is 11.0. The van der Waals surface area contributed by atoms with Gasteiger partial charge in [0.25, 0.3) is 0 Å². The van der Waals surface area contributed by atoms with Gasteiger partial charge in [0.2, 0.25) is 11.9 Å². The zero-order valence-electron chi connectivity index (χ0n) is 21.5. The highest BCUT2D eigenvalue weighted by Gasteiger charge is 2.67. The normalized spacial score (nSPS) is 18.6. The fourth-order valence-electron chi connectivity index (χ4n) is 7.37. The fourth-order valence-corrected chi connectivity index (χ4v) is 7.37. The summed E-state index contributed by atoms with van der Waals surface area (Å²) >= 11 is 0. The van der Waals surface area contributed by atoms with Crippen molar-refractivity contribution in [2.45, 2.75) is 83.2 Å². The number of hydrogen-bond donors (Lipinski definition) is 0. The Morgan fingerprint density at radius 3 is 2.53 bits per heavy atom. The van der Waals surface area contributed by atoms with Gasteiger partial charge in [-0.15, -0.1) is 9.25 Å². The first-order valence-corrected chi connectivity index (χ1v) is 14.2. The smallest absolute Gasteiger partial charge is 0.124 e. The third-order valence-corrected chi connectivity index (χ3v) is 8.92. The monoisotopic (exact) mass is 475 g/mol. The lowest BCUT2D eigenvalue weighted by molar-refractivity contribution is -0.987. The van der Waals surface area contributed by atoms with Gasteiger partial charge in [-0.25, -0.2) is 0 Å². The number of pyridine rings is 1. The molecule has 1 atom stereocenters. The lowest BCUT2D eigenvalue weighted by atomic mass is 9.80. The van der Waals surface area contributed by atoms with Crippen LogP contribution in [-0.2, 0) is 24.9 Å². The third kappa shape index (κ3) is 2.98. The Hall–Kier alpha value is -3.20. The Morgan fingerprint density at radius 1 is 0.806 bits per heavy atom. The Bertz CT molecular complexity index is 1400. The number of aryl methyl sites for hydroxylation is 1. The number of aromatic nitrogens is 3. The van der Waals surface area contributed by atoms with Gasteiger partial charge in [0.1, 0.15) is 16.8 Å². The molecule has 0 N–H and O–H groups in total. The minimum absolute atomic E-state index is 0.367. The average molecular weight is 476 g/mol. The molecule has 1 aliphatic carbocycles. The van der Waals surface area contributed by atoms with Gasteiger partial charge < -0.3 is 0 Å². The van der Waals surface area contributed by atoms with Crippen molar-refractivity contribution >= 4 is 0 Å². The highest BCUT2D eigenvalue weighted by atomic mass is 15.5. The van der Waals surface area contributed by atoms with Gasteiger partial charge in [-0.3, -0.25) is 0 Å². The van der Waals surface area contributed by atoms with Crippen LogP contribution in [0.5, 0.6) is 0 Å². The van der Waals surface area contributed by atoms with Crippen LogP contribution in [-0.4, -0.2) is 4.68 Å². The van der Waals surface area contributed by atoms with Gasteiger partial charge in [-0.1, -0.05) is 51.2 Å². The van der Waals surface area contributed by atoms with E-state index in [9.17, 15) is 0 Å². The standard InChI is InChI=1S/C33H37N3/c1-2-3-4-5-6-7-15-25-24-30-32(27-17-9-8-16-26(25)27)35-22-14-23-36(35)33(30)29-19-11-10-18-28(29)31-20-12-13-21-34(31)33/h10-14,18-24H,2-9,15-17H2,1H3/q+2. The van der Waals surface area contributed by atoms with Crippen molar-refractivity contribution in [3.8, 4) is 16.9 Å². The summed E-state index contributed by atoms with van der Waals surface area (Å²) in [5.41, 5.74) is 11.5. The van der Waals surface area contributed by atoms with Crippen molar-refractivity contribution in [1.82, 2.24) is 4.68 Å². The highest BCUT2D eigenvalue weighted by molar-refractivity contribution is 5.70. The number of benzene rings is 2. The van der Waals surface area contributed by atoms with Crippen LogP contribution in [0.1, 0.15) is 86.1 Å². The molecule has 7 rings (SSSR count). The van der Waals surface area contributed by atoms with Crippen molar-refractivity contribution in [2.24, 2.45) is 0 Å². The number of rotatable bonds is 7. The van der Waals surface area contributed by atoms with E-state index in [1.165, 1.54) is 98.7 Å². The van der Waals surface area contributed by atoms with Gasteiger partial charge in [-0.05, 0) is 84.2 Å². The molecule has 2 aromatic carbocycles. The molecule has 0 bridgehead atoms. The molecular formula is C33H37N3+2. The largest absolute Gasteiger partial charge is 0.439 e. The Labute approximate surface area is 215 Å². The molecule has 0 saturated heterocycles. The summed E-state index contributed by atoms with van der Waals surface area (Å²) in [5.74, 6) is 0. The van der Waals surface area contributed by atoms with Gasteiger partial charge in [0.15, 0.2) is 6.20 Å². The van der Waals surface area contributed by atoms with E-state index < -0.39 is 0 Å². The van der Waals surface area contributed by atoms with Crippen LogP contribution in [0, 0.1) is 0 Å². The SMILES string of the molecule is CCCCCCCCc1cc2c(c3c1CCCC3)-n1ccc[n+]1C21c2ccccc2-c2cccc[n+]21. The van der Waals surface area contributed by atoms with E-state index in [1.807, 2.05) is 0 Å². The maximum Gasteiger partial charge on any atom is 0.439 e. The zero-order chi connectivity index (χ0) is 24.1. The summed E-state index contributed by atoms with van der Waals surface area (Å²) in [6.07, 6.45) is 21.3. The molecule has 0 radical (unpaired) electrons. The van der Waals surface area contributed by atoms with Crippen LogP contribution >= 0.6 is 0 Å². The Kier molecular flexibility index (Phi) is 5.34. The van der Waals surface area contributed by atoms with Crippen molar-refractivity contribution in [3.63, 3.8) is 0 Å². The summed E-state index contributed by atoms with van der Waals surface area (Å²) in [5, 5.41) is 0. The van der Waals surface area contributed by atoms with E-state index in [0.29, 0.717) is 0 Å². The van der Waals surface area contributed by atoms with Crippen LogP contribution in [0.15, 0.2) is 73.2 Å². The first kappa shape index (κ1) is 22.0. The first-order valence-electron chi connectivity index (χ1n) is 14.2. The van der Waals surface area contributed by atoms with Crippen molar-refractivity contribution < 1.29 is 9.25 Å². The molecule has 0 amide bonds. The van der Waals surface area contributed by atoms with Gasteiger partial charge in [0.05, 0.1) is 11.8 Å². The first-order chi connectivity index (χ1) is 17.9. The van der Waals surface area contributed by atoms with Gasteiger partial charge in [-0.2, -0.15) is 0 Å². The summed E-state index contributed by atoms with van der Waals surface area (Å²) in [4.78, 5) is 0. The van der Waals surface area contributed by atoms with Gasteiger partial charge >= 0.3 is 5.66 Å². The third-order valence-electron chi connectivity index (χ3n) is 8.92. The van der Waals surface area contributed by atoms with Crippen LogP contribution in [0.4, 0.5) is 0 Å². The van der Waals surface area contributed by atoms with E-state index in [1.54, 1.807) is 16.7 Å². The van der Waals surface area contributed by atoms with Gasteiger partial charge in [0, 0.05) is 18.2 Å². The molecule has 3 aliphatic rings. The molecule has 2 aromatic heterocycles. The number of nitrogens with zero attached hydrogens (tertiary/aromatic N) is 3. The summed E-state index contributed by atoms with van der Waals surface area (Å²) in [7, 11) is 0. The molecule has 1 spiro atoms. The topological polar surface area (TPSA) is 12.7 Å². The number of unbranched alkanes of at least 4 members (excludes halogenated alkanes) is 5. The maximum atomic E-state index is 2.62. The zero-order valence-corrected chi connectivity index (χ0v) is 21.5. The molecule has 182 valence electrons. The molecule has 0 saturated carbocycles. The maximum absolute atomic E-state index is 2.62. The van der Waals surface area contributed by atoms with Crippen molar-refractivity contribution in [3.05, 3.63) is 101 Å². The minimum Gasteiger partial charge on any atom is -0.124 e. The molecular weight excluding hydrogens is 438 g/mol. The number of hydrogen-bond acceptors (Lipinski definition) is 0. The summed E-state index contributed by atoms with van der Waals surface area (Å²) in [6, 6.07) is 20.6. The molecule has 4 heterocycles. The fraction of sp³-hybridized carbons (Fsp3) is 0.394. The van der Waals surface area contributed by atoms with E-state index >= 15 is 0 Å². The molecule has 2 aliphatic heterocycles. The Balaban J connectivity index is 1.43. The molecule has 0 fully saturated rings. The van der Waals surface area contributed by atoms with E-state index in [0.717, 1.165) is 0 Å². The molecule has 4 aromatic rings. The van der Waals surface area contributed by atoms with E-state index in [-0.39, 0.29) is 5.66 Å². The van der Waals surface area contributed by atoms with Crippen molar-refractivity contribution in [2.75, 3.05) is 0 Å². The van der Waals surface area contributed by atoms with Crippen LogP contribution in [0.25, 0.3) is 16.9 Å². The lowest BCUT2D eigenvalue weighted by Gasteiger charge is -2.23. The minimum atomic E-state index is -0.367. The molecule has 3 nitrogen and oxygen atoms in total. The molecule has 1 unspecified atom stereocenters. The molecule has 36 heavy (non-hydrogen) atoms. The Morgan fingerprint density at radius 2 is 1.61 bits per heavy atom. The number of fused-ring (bicyclic) bond motifs is 12. The lowest BCUT2D eigenvalue weighted by Crippen LogP contribution is -2.72. The highest BCUT2D eigenvalue weighted by Crippen LogP contribution is 2.47. The predicted molar refractivity (Wildman–Crippen MR) is 143 cm³/mol. The van der Waals surface area contributed by atoms with Crippen LogP contribution in [0.2, 0.25) is 0 Å². The predicted octanol–water partition coefficient (Wildman–Crippen LogP) is 6.43. The quantitative estimate of drug-likeness (QED) is 0.187. The second kappa shape index (κ2) is 8.73.